The number of aryl methyl sites for hydroxylation is 1. The van der Waals surface area contributed by atoms with Crippen LogP contribution >= 0.6 is 15.9 Å². The molecule has 0 saturated carbocycles. The molecular formula is C13H16BrNO4S. The van der Waals surface area contributed by atoms with E-state index in [1.165, 1.54) is 4.31 Å². The van der Waals surface area contributed by atoms with Crippen LogP contribution in [0.1, 0.15) is 12.5 Å². The fourth-order valence-electron chi connectivity index (χ4n) is 2.43. The van der Waals surface area contributed by atoms with Crippen molar-refractivity contribution in [1.29, 1.82) is 0 Å². The number of sulfonamides is 1. The summed E-state index contributed by atoms with van der Waals surface area (Å²) < 4.78 is 27.2. The summed E-state index contributed by atoms with van der Waals surface area (Å²) in [5.74, 6) is -1.77. The van der Waals surface area contributed by atoms with Gasteiger partial charge in [0.25, 0.3) is 0 Å². The molecule has 110 valence electrons. The molecule has 5 nitrogen and oxygen atoms in total. The van der Waals surface area contributed by atoms with Crippen LogP contribution in [0.2, 0.25) is 0 Å². The summed E-state index contributed by atoms with van der Waals surface area (Å²) in [6.45, 7) is 3.77. The molecule has 1 fully saturated rings. The van der Waals surface area contributed by atoms with Crippen molar-refractivity contribution < 1.29 is 18.3 Å². The van der Waals surface area contributed by atoms with Crippen LogP contribution in [0.5, 0.6) is 0 Å². The van der Waals surface area contributed by atoms with Gasteiger partial charge in [0.1, 0.15) is 0 Å². The van der Waals surface area contributed by atoms with Crippen molar-refractivity contribution in [1.82, 2.24) is 4.31 Å². The number of halogens is 1. The summed E-state index contributed by atoms with van der Waals surface area (Å²) in [5.41, 5.74) is 0.652. The number of rotatable bonds is 3. The summed E-state index contributed by atoms with van der Waals surface area (Å²) >= 11 is 3.27. The molecule has 0 spiro atoms. The largest absolute Gasteiger partial charge is 0.481 e. The van der Waals surface area contributed by atoms with Crippen molar-refractivity contribution in [2.75, 3.05) is 13.1 Å². The zero-order valence-electron chi connectivity index (χ0n) is 11.2. The van der Waals surface area contributed by atoms with E-state index in [-0.39, 0.29) is 23.9 Å². The Bertz CT molecular complexity index is 644. The maximum Gasteiger partial charge on any atom is 0.308 e. The van der Waals surface area contributed by atoms with Gasteiger partial charge in [0, 0.05) is 17.6 Å². The molecule has 20 heavy (non-hydrogen) atoms. The van der Waals surface area contributed by atoms with E-state index in [1.807, 2.05) is 0 Å². The summed E-state index contributed by atoms with van der Waals surface area (Å²) in [4.78, 5) is 11.3. The van der Waals surface area contributed by atoms with Crippen LogP contribution in [0.25, 0.3) is 0 Å². The number of aliphatic carboxylic acids is 1. The first-order chi connectivity index (χ1) is 9.23. The second kappa shape index (κ2) is 5.46. The van der Waals surface area contributed by atoms with Crippen molar-refractivity contribution >= 4 is 31.9 Å². The van der Waals surface area contributed by atoms with Gasteiger partial charge in [0.2, 0.25) is 10.0 Å². The number of hydrogen-bond acceptors (Lipinski definition) is 3. The minimum atomic E-state index is -3.65. The Morgan fingerprint density at radius 1 is 1.40 bits per heavy atom. The smallest absolute Gasteiger partial charge is 0.308 e. The fraction of sp³-hybridized carbons (Fsp3) is 0.462. The molecule has 2 unspecified atom stereocenters. The lowest BCUT2D eigenvalue weighted by Gasteiger charge is -2.17. The highest BCUT2D eigenvalue weighted by Crippen LogP contribution is 2.31. The Morgan fingerprint density at radius 3 is 2.60 bits per heavy atom. The summed E-state index contributed by atoms with van der Waals surface area (Å²) in [7, 11) is -3.65. The molecule has 1 saturated heterocycles. The molecule has 1 N–H and O–H groups in total. The van der Waals surface area contributed by atoms with Crippen LogP contribution in [-0.4, -0.2) is 36.9 Å². The van der Waals surface area contributed by atoms with Gasteiger partial charge in [-0.2, -0.15) is 4.31 Å². The van der Waals surface area contributed by atoms with E-state index in [4.69, 9.17) is 5.11 Å². The van der Waals surface area contributed by atoms with Gasteiger partial charge in [0.15, 0.2) is 0 Å². The van der Waals surface area contributed by atoms with Gasteiger partial charge in [-0.15, -0.1) is 0 Å². The van der Waals surface area contributed by atoms with Gasteiger partial charge in [-0.05, 0) is 30.5 Å². The van der Waals surface area contributed by atoms with Crippen molar-refractivity contribution in [3.05, 3.63) is 28.2 Å². The van der Waals surface area contributed by atoms with Gasteiger partial charge in [-0.1, -0.05) is 28.9 Å². The van der Waals surface area contributed by atoms with Crippen molar-refractivity contribution in [3.8, 4) is 0 Å². The minimum absolute atomic E-state index is 0.0325. The van der Waals surface area contributed by atoms with Gasteiger partial charge < -0.3 is 5.11 Å². The Labute approximate surface area is 126 Å². The summed E-state index contributed by atoms with van der Waals surface area (Å²) in [6.07, 6.45) is 0. The minimum Gasteiger partial charge on any atom is -0.481 e. The third-order valence-electron chi connectivity index (χ3n) is 3.66. The second-order valence-electron chi connectivity index (χ2n) is 5.15. The molecule has 2 atom stereocenters. The van der Waals surface area contributed by atoms with Gasteiger partial charge in [-0.25, -0.2) is 8.42 Å². The third kappa shape index (κ3) is 2.75. The molecule has 0 aromatic heterocycles. The average molecular weight is 362 g/mol. The molecule has 1 heterocycles. The number of carboxylic acid groups (broad SMARTS) is 1. The van der Waals surface area contributed by atoms with E-state index in [2.05, 4.69) is 15.9 Å². The highest BCUT2D eigenvalue weighted by Gasteiger charge is 2.41. The normalized spacial score (nSPS) is 23.9. The van der Waals surface area contributed by atoms with E-state index >= 15 is 0 Å². The Kier molecular flexibility index (Phi) is 4.22. The predicted molar refractivity (Wildman–Crippen MR) is 77.9 cm³/mol. The van der Waals surface area contributed by atoms with Crippen LogP contribution in [0, 0.1) is 18.8 Å². The number of hydrogen-bond donors (Lipinski definition) is 1. The topological polar surface area (TPSA) is 74.7 Å². The molecule has 0 radical (unpaired) electrons. The maximum absolute atomic E-state index is 12.6. The number of carboxylic acids is 1. The molecule has 1 aliphatic rings. The van der Waals surface area contributed by atoms with Crippen LogP contribution < -0.4 is 0 Å². The average Bonchev–Trinajstić information content (AvgIpc) is 2.75. The molecule has 0 amide bonds. The zero-order chi connectivity index (χ0) is 15.1. The van der Waals surface area contributed by atoms with Crippen LogP contribution in [0.3, 0.4) is 0 Å². The van der Waals surface area contributed by atoms with Crippen LogP contribution in [-0.2, 0) is 14.8 Å². The molecule has 2 rings (SSSR count). The molecule has 0 bridgehead atoms. The number of benzene rings is 1. The number of carbonyl (C=O) groups is 1. The first-order valence-corrected chi connectivity index (χ1v) is 8.46. The molecule has 1 aliphatic heterocycles. The van der Waals surface area contributed by atoms with Gasteiger partial charge >= 0.3 is 5.97 Å². The summed E-state index contributed by atoms with van der Waals surface area (Å²) in [5, 5.41) is 9.11. The highest BCUT2D eigenvalue weighted by molar-refractivity contribution is 9.10. The van der Waals surface area contributed by atoms with Crippen LogP contribution in [0.15, 0.2) is 27.6 Å². The van der Waals surface area contributed by atoms with Crippen molar-refractivity contribution in [3.63, 3.8) is 0 Å². The standard InChI is InChI=1S/C13H16BrNO4S/c1-8-3-4-10(14)5-12(8)20(18,19)15-6-9(2)11(7-15)13(16)17/h3-5,9,11H,6-7H2,1-2H3,(H,16,17). The Hall–Kier alpha value is -0.920. The number of nitrogens with zero attached hydrogens (tertiary/aromatic N) is 1. The third-order valence-corrected chi connectivity index (χ3v) is 6.13. The lowest BCUT2D eigenvalue weighted by atomic mass is 9.99. The van der Waals surface area contributed by atoms with Crippen LogP contribution in [0.4, 0.5) is 0 Å². The zero-order valence-corrected chi connectivity index (χ0v) is 13.6. The van der Waals surface area contributed by atoms with Gasteiger partial charge in [-0.3, -0.25) is 4.79 Å². The highest BCUT2D eigenvalue weighted by atomic mass is 79.9. The van der Waals surface area contributed by atoms with E-state index in [9.17, 15) is 13.2 Å². The molecule has 0 aliphatic carbocycles. The second-order valence-corrected chi connectivity index (χ2v) is 7.98. The fourth-order valence-corrected chi connectivity index (χ4v) is 4.76. The maximum atomic E-state index is 12.6. The van der Waals surface area contributed by atoms with Crippen molar-refractivity contribution in [2.24, 2.45) is 11.8 Å². The van der Waals surface area contributed by atoms with Crippen molar-refractivity contribution in [2.45, 2.75) is 18.7 Å². The van der Waals surface area contributed by atoms with E-state index in [0.717, 1.165) is 0 Å². The van der Waals surface area contributed by atoms with E-state index in [1.54, 1.807) is 32.0 Å². The van der Waals surface area contributed by atoms with Gasteiger partial charge in [0.05, 0.1) is 10.8 Å². The first kappa shape index (κ1) is 15.5. The summed E-state index contributed by atoms with van der Waals surface area (Å²) in [6, 6.07) is 5.07. The monoisotopic (exact) mass is 361 g/mol. The quantitative estimate of drug-likeness (QED) is 0.894. The predicted octanol–water partition coefficient (Wildman–Crippen LogP) is 2.10. The van der Waals surface area contributed by atoms with E-state index in [0.29, 0.717) is 10.0 Å². The lowest BCUT2D eigenvalue weighted by molar-refractivity contribution is -0.142. The molecular weight excluding hydrogens is 346 g/mol. The first-order valence-electron chi connectivity index (χ1n) is 6.22. The lowest BCUT2D eigenvalue weighted by Crippen LogP contribution is -2.30. The molecule has 7 heteroatoms. The molecule has 1 aromatic rings. The Balaban J connectivity index is 2.37. The molecule has 1 aromatic carbocycles. The van der Waals surface area contributed by atoms with E-state index < -0.39 is 21.9 Å². The Morgan fingerprint density at radius 2 is 2.05 bits per heavy atom. The SMILES string of the molecule is Cc1ccc(Br)cc1S(=O)(=O)N1CC(C)C(C(=O)O)C1.